The summed E-state index contributed by atoms with van der Waals surface area (Å²) in [5, 5.41) is 14.3. The Morgan fingerprint density at radius 1 is 1.39 bits per heavy atom. The van der Waals surface area contributed by atoms with Crippen LogP contribution in [0.15, 0.2) is 0 Å². The first-order valence-electron chi connectivity index (χ1n) is 6.27. The molecular formula is C12H24N2O3S. The van der Waals surface area contributed by atoms with Crippen LogP contribution < -0.4 is 10.6 Å². The molecule has 0 aromatic carbocycles. The Hall–Kier alpha value is -0.910. The predicted molar refractivity (Wildman–Crippen MR) is 75.0 cm³/mol. The van der Waals surface area contributed by atoms with Crippen LogP contribution in [0.3, 0.4) is 0 Å². The van der Waals surface area contributed by atoms with Crippen molar-refractivity contribution in [3.05, 3.63) is 0 Å². The molecule has 106 valence electrons. The van der Waals surface area contributed by atoms with E-state index in [2.05, 4.69) is 10.6 Å². The molecule has 2 unspecified atom stereocenters. The first-order valence-corrected chi connectivity index (χ1v) is 7.66. The number of amides is 2. The van der Waals surface area contributed by atoms with Gasteiger partial charge in [-0.05, 0) is 25.5 Å². The van der Waals surface area contributed by atoms with E-state index in [4.69, 9.17) is 5.11 Å². The predicted octanol–water partition coefficient (Wildman–Crippen LogP) is 1.93. The highest BCUT2D eigenvalue weighted by molar-refractivity contribution is 7.98. The third-order valence-electron chi connectivity index (χ3n) is 2.72. The van der Waals surface area contributed by atoms with E-state index in [0.717, 1.165) is 12.2 Å². The molecule has 2 atom stereocenters. The average molecular weight is 276 g/mol. The molecule has 0 aromatic heterocycles. The van der Waals surface area contributed by atoms with Gasteiger partial charge in [0, 0.05) is 18.3 Å². The summed E-state index contributed by atoms with van der Waals surface area (Å²) in [4.78, 5) is 22.1. The number of aliphatic carboxylic acids is 1. The molecule has 2 amide bonds. The highest BCUT2D eigenvalue weighted by Crippen LogP contribution is 2.04. The van der Waals surface area contributed by atoms with E-state index in [0.29, 0.717) is 19.4 Å². The second-order valence-electron chi connectivity index (χ2n) is 4.34. The number of carbonyl (C=O) groups excluding carboxylic acids is 1. The van der Waals surface area contributed by atoms with Crippen LogP contribution in [0.25, 0.3) is 0 Å². The van der Waals surface area contributed by atoms with Crippen LogP contribution in [0.1, 0.15) is 33.1 Å². The molecule has 0 spiro atoms. The molecule has 18 heavy (non-hydrogen) atoms. The third kappa shape index (κ3) is 8.22. The molecule has 5 nitrogen and oxygen atoms in total. The number of nitrogens with one attached hydrogen (secondary N) is 2. The molecule has 0 saturated heterocycles. The van der Waals surface area contributed by atoms with Gasteiger partial charge in [-0.1, -0.05) is 13.8 Å². The van der Waals surface area contributed by atoms with Gasteiger partial charge in [0.2, 0.25) is 0 Å². The maximum atomic E-state index is 11.5. The molecule has 0 radical (unpaired) electrons. The number of hydrogen-bond acceptors (Lipinski definition) is 3. The van der Waals surface area contributed by atoms with Crippen LogP contribution in [0, 0.1) is 5.92 Å². The average Bonchev–Trinajstić information content (AvgIpc) is 2.33. The molecule has 0 aliphatic rings. The van der Waals surface area contributed by atoms with Crippen molar-refractivity contribution < 1.29 is 14.7 Å². The zero-order valence-electron chi connectivity index (χ0n) is 11.4. The van der Waals surface area contributed by atoms with E-state index in [-0.39, 0.29) is 18.0 Å². The first-order chi connectivity index (χ1) is 8.51. The number of carboxylic acids is 1. The number of hydrogen-bond donors (Lipinski definition) is 3. The highest BCUT2D eigenvalue weighted by atomic mass is 32.2. The lowest BCUT2D eigenvalue weighted by Crippen LogP contribution is -2.43. The Morgan fingerprint density at radius 3 is 2.56 bits per heavy atom. The summed E-state index contributed by atoms with van der Waals surface area (Å²) in [5.74, 6) is -0.236. The summed E-state index contributed by atoms with van der Waals surface area (Å²) in [7, 11) is 0. The molecular weight excluding hydrogens is 252 g/mol. The van der Waals surface area contributed by atoms with E-state index >= 15 is 0 Å². The standard InChI is InChI=1S/C12H24N2O3S/c1-4-10(8-18-3)14-12(17)13-7-5-6-9(2)11(15)16/h9-10H,4-8H2,1-3H3,(H,15,16)(H2,13,14,17). The smallest absolute Gasteiger partial charge is 0.315 e. The number of carboxylic acid groups (broad SMARTS) is 1. The van der Waals surface area contributed by atoms with E-state index in [1.165, 1.54) is 0 Å². The van der Waals surface area contributed by atoms with Gasteiger partial charge in [-0.3, -0.25) is 4.79 Å². The van der Waals surface area contributed by atoms with Crippen molar-refractivity contribution in [2.24, 2.45) is 5.92 Å². The van der Waals surface area contributed by atoms with Crippen LogP contribution in [0.5, 0.6) is 0 Å². The molecule has 0 saturated carbocycles. The van der Waals surface area contributed by atoms with Crippen LogP contribution in [0.2, 0.25) is 0 Å². The summed E-state index contributed by atoms with van der Waals surface area (Å²) in [6.07, 6.45) is 4.18. The van der Waals surface area contributed by atoms with Gasteiger partial charge >= 0.3 is 12.0 Å². The van der Waals surface area contributed by atoms with Crippen LogP contribution in [-0.4, -0.2) is 41.7 Å². The van der Waals surface area contributed by atoms with E-state index in [9.17, 15) is 9.59 Å². The van der Waals surface area contributed by atoms with Gasteiger partial charge in [0.15, 0.2) is 0 Å². The van der Waals surface area contributed by atoms with Crippen molar-refractivity contribution in [3.8, 4) is 0 Å². The minimum Gasteiger partial charge on any atom is -0.481 e. The van der Waals surface area contributed by atoms with Crippen LogP contribution in [-0.2, 0) is 4.79 Å². The molecule has 6 heteroatoms. The largest absolute Gasteiger partial charge is 0.481 e. The molecule has 3 N–H and O–H groups in total. The Balaban J connectivity index is 3.67. The summed E-state index contributed by atoms with van der Waals surface area (Å²) in [6.45, 7) is 4.23. The SMILES string of the molecule is CCC(CSC)NC(=O)NCCCC(C)C(=O)O. The fraction of sp³-hybridized carbons (Fsp3) is 0.833. The van der Waals surface area contributed by atoms with Gasteiger partial charge < -0.3 is 15.7 Å². The van der Waals surface area contributed by atoms with Crippen molar-refractivity contribution in [1.29, 1.82) is 0 Å². The highest BCUT2D eigenvalue weighted by Gasteiger charge is 2.11. The Labute approximate surface area is 113 Å². The molecule has 0 aliphatic carbocycles. The third-order valence-corrected chi connectivity index (χ3v) is 3.45. The summed E-state index contributed by atoms with van der Waals surface area (Å²) in [5.41, 5.74) is 0. The lowest BCUT2D eigenvalue weighted by atomic mass is 10.1. The number of thioether (sulfide) groups is 1. The van der Waals surface area contributed by atoms with Gasteiger partial charge in [0.05, 0.1) is 5.92 Å². The zero-order valence-corrected chi connectivity index (χ0v) is 12.2. The molecule has 0 rings (SSSR count). The van der Waals surface area contributed by atoms with Crippen LogP contribution >= 0.6 is 11.8 Å². The van der Waals surface area contributed by atoms with E-state index < -0.39 is 5.97 Å². The summed E-state index contributed by atoms with van der Waals surface area (Å²) >= 11 is 1.70. The lowest BCUT2D eigenvalue weighted by molar-refractivity contribution is -0.141. The van der Waals surface area contributed by atoms with E-state index in [1.54, 1.807) is 18.7 Å². The van der Waals surface area contributed by atoms with Gasteiger partial charge in [0.25, 0.3) is 0 Å². The molecule has 0 aromatic rings. The maximum absolute atomic E-state index is 11.5. The molecule has 0 fully saturated rings. The van der Waals surface area contributed by atoms with Gasteiger partial charge in [0.1, 0.15) is 0 Å². The molecule has 0 aliphatic heterocycles. The quantitative estimate of drug-likeness (QED) is 0.562. The Kier molecular flexibility index (Phi) is 9.55. The Morgan fingerprint density at radius 2 is 2.06 bits per heavy atom. The van der Waals surface area contributed by atoms with Crippen molar-refractivity contribution in [2.45, 2.75) is 39.2 Å². The normalized spacial score (nSPS) is 13.7. The monoisotopic (exact) mass is 276 g/mol. The lowest BCUT2D eigenvalue weighted by Gasteiger charge is -2.16. The second-order valence-corrected chi connectivity index (χ2v) is 5.25. The maximum Gasteiger partial charge on any atom is 0.315 e. The Bertz CT molecular complexity index is 262. The fourth-order valence-electron chi connectivity index (χ4n) is 1.43. The minimum absolute atomic E-state index is 0.168. The second kappa shape index (κ2) is 10.1. The van der Waals surface area contributed by atoms with Crippen molar-refractivity contribution >= 4 is 23.8 Å². The number of urea groups is 1. The van der Waals surface area contributed by atoms with Crippen molar-refractivity contribution in [3.63, 3.8) is 0 Å². The first kappa shape index (κ1) is 17.1. The molecule has 0 bridgehead atoms. The van der Waals surface area contributed by atoms with Crippen molar-refractivity contribution in [1.82, 2.24) is 10.6 Å². The summed E-state index contributed by atoms with van der Waals surface area (Å²) < 4.78 is 0. The minimum atomic E-state index is -0.787. The summed E-state index contributed by atoms with van der Waals surface area (Å²) in [6, 6.07) is 0.0248. The van der Waals surface area contributed by atoms with Crippen molar-refractivity contribution in [2.75, 3.05) is 18.6 Å². The number of rotatable bonds is 9. The van der Waals surface area contributed by atoms with Gasteiger partial charge in [-0.2, -0.15) is 11.8 Å². The van der Waals surface area contributed by atoms with E-state index in [1.807, 2.05) is 13.2 Å². The fourth-order valence-corrected chi connectivity index (χ4v) is 2.15. The van der Waals surface area contributed by atoms with Gasteiger partial charge in [-0.25, -0.2) is 4.79 Å². The van der Waals surface area contributed by atoms with Gasteiger partial charge in [-0.15, -0.1) is 0 Å². The van der Waals surface area contributed by atoms with Crippen LogP contribution in [0.4, 0.5) is 4.79 Å². The molecule has 0 heterocycles. The number of carbonyl (C=O) groups is 2. The topological polar surface area (TPSA) is 78.4 Å². The zero-order chi connectivity index (χ0) is 14.0.